The smallest absolute Gasteiger partial charge is 0.227 e. The Labute approximate surface area is 122 Å². The molecule has 3 rings (SSSR count). The van der Waals surface area contributed by atoms with E-state index in [1.165, 1.54) is 22.2 Å². The topological polar surface area (TPSA) is 54.5 Å². The van der Waals surface area contributed by atoms with E-state index in [4.69, 9.17) is 5.26 Å². The van der Waals surface area contributed by atoms with Gasteiger partial charge in [-0.1, -0.05) is 0 Å². The van der Waals surface area contributed by atoms with Crippen LogP contribution in [0.5, 0.6) is 0 Å². The van der Waals surface area contributed by atoms with Gasteiger partial charge in [0.1, 0.15) is 0 Å². The largest absolute Gasteiger partial charge is 0.435 e. The van der Waals surface area contributed by atoms with Crippen LogP contribution in [0.1, 0.15) is 42.1 Å². The highest BCUT2D eigenvalue weighted by molar-refractivity contribution is 7.12. The maximum absolute atomic E-state index is 13.3. The van der Waals surface area contributed by atoms with Crippen molar-refractivity contribution in [2.75, 3.05) is 0 Å². The van der Waals surface area contributed by atoms with Crippen molar-refractivity contribution >= 4 is 11.3 Å². The van der Waals surface area contributed by atoms with Gasteiger partial charge in [0, 0.05) is 29.5 Å². The first-order valence-electron chi connectivity index (χ1n) is 6.48. The summed E-state index contributed by atoms with van der Waals surface area (Å²) >= 11 is 1.24. The van der Waals surface area contributed by atoms with Gasteiger partial charge in [-0.2, -0.15) is 23.5 Å². The second kappa shape index (κ2) is 5.15. The standard InChI is InChI=1S/C13H11F3N4S/c14-13(15,16)11-10-8(4-5-17)2-1-3-9(10)20(19-11)12-18-6-7-21-12/h6-8H,1-4H2. The fourth-order valence-corrected chi connectivity index (χ4v) is 3.41. The molecule has 0 aliphatic heterocycles. The highest BCUT2D eigenvalue weighted by Crippen LogP contribution is 2.43. The molecule has 0 N–H and O–H groups in total. The molecule has 1 aliphatic carbocycles. The van der Waals surface area contributed by atoms with Crippen molar-refractivity contribution in [3.05, 3.63) is 28.5 Å². The molecule has 4 nitrogen and oxygen atoms in total. The van der Waals surface area contributed by atoms with Crippen LogP contribution in [0, 0.1) is 11.3 Å². The van der Waals surface area contributed by atoms with Gasteiger partial charge in [0.25, 0.3) is 0 Å². The minimum Gasteiger partial charge on any atom is -0.227 e. The van der Waals surface area contributed by atoms with Crippen LogP contribution in [0.25, 0.3) is 5.13 Å². The zero-order valence-electron chi connectivity index (χ0n) is 10.9. The average molecular weight is 312 g/mol. The molecule has 1 atom stereocenters. The molecule has 0 saturated heterocycles. The number of nitrogens with zero attached hydrogens (tertiary/aromatic N) is 4. The Morgan fingerprint density at radius 3 is 2.90 bits per heavy atom. The summed E-state index contributed by atoms with van der Waals surface area (Å²) < 4.78 is 41.1. The molecule has 2 aromatic heterocycles. The molecular formula is C13H11F3N4S. The number of hydrogen-bond acceptors (Lipinski definition) is 4. The maximum atomic E-state index is 13.3. The Morgan fingerprint density at radius 1 is 1.48 bits per heavy atom. The average Bonchev–Trinajstić information content (AvgIpc) is 3.05. The summed E-state index contributed by atoms with van der Waals surface area (Å²) in [6.45, 7) is 0. The van der Waals surface area contributed by atoms with E-state index in [0.29, 0.717) is 23.7 Å². The van der Waals surface area contributed by atoms with Crippen molar-refractivity contribution in [3.8, 4) is 11.2 Å². The summed E-state index contributed by atoms with van der Waals surface area (Å²) in [6.07, 6.45) is -1.02. The van der Waals surface area contributed by atoms with Crippen molar-refractivity contribution in [3.63, 3.8) is 0 Å². The van der Waals surface area contributed by atoms with Gasteiger partial charge < -0.3 is 0 Å². The SMILES string of the molecule is N#CCC1CCCc2c1c(C(F)(F)F)nn2-c1nccs1. The van der Waals surface area contributed by atoms with Gasteiger partial charge in [0.15, 0.2) is 5.69 Å². The minimum atomic E-state index is -4.52. The van der Waals surface area contributed by atoms with E-state index in [1.807, 2.05) is 6.07 Å². The number of alkyl halides is 3. The second-order valence-corrected chi connectivity index (χ2v) is 5.76. The van der Waals surface area contributed by atoms with Crippen molar-refractivity contribution < 1.29 is 13.2 Å². The van der Waals surface area contributed by atoms with Gasteiger partial charge in [-0.05, 0) is 19.3 Å². The van der Waals surface area contributed by atoms with Crippen LogP contribution in [-0.4, -0.2) is 14.8 Å². The quantitative estimate of drug-likeness (QED) is 0.850. The Hall–Kier alpha value is -1.88. The minimum absolute atomic E-state index is 0.0830. The normalized spacial score (nSPS) is 18.3. The number of hydrogen-bond donors (Lipinski definition) is 0. The summed E-state index contributed by atoms with van der Waals surface area (Å²) in [7, 11) is 0. The predicted molar refractivity (Wildman–Crippen MR) is 70.1 cm³/mol. The van der Waals surface area contributed by atoms with E-state index < -0.39 is 17.8 Å². The van der Waals surface area contributed by atoms with Crippen molar-refractivity contribution in [1.82, 2.24) is 14.8 Å². The van der Waals surface area contributed by atoms with Crippen LogP contribution < -0.4 is 0 Å². The molecule has 0 radical (unpaired) electrons. The maximum Gasteiger partial charge on any atom is 0.435 e. The molecule has 110 valence electrons. The fourth-order valence-electron chi connectivity index (χ4n) is 2.80. The molecule has 0 spiro atoms. The third kappa shape index (κ3) is 2.42. The fraction of sp³-hybridized carbons (Fsp3) is 0.462. The van der Waals surface area contributed by atoms with Gasteiger partial charge in [-0.3, -0.25) is 0 Å². The summed E-state index contributed by atoms with van der Waals surface area (Å²) in [5.74, 6) is -0.399. The van der Waals surface area contributed by atoms with Crippen molar-refractivity contribution in [1.29, 1.82) is 5.26 Å². The van der Waals surface area contributed by atoms with E-state index in [1.54, 1.807) is 5.38 Å². The zero-order chi connectivity index (χ0) is 15.0. The van der Waals surface area contributed by atoms with Crippen LogP contribution in [0.2, 0.25) is 0 Å². The van der Waals surface area contributed by atoms with Crippen LogP contribution >= 0.6 is 11.3 Å². The first-order valence-corrected chi connectivity index (χ1v) is 7.36. The number of aromatic nitrogens is 3. The lowest BCUT2D eigenvalue weighted by Gasteiger charge is -2.22. The molecule has 0 amide bonds. The first kappa shape index (κ1) is 14.1. The number of halogens is 3. The van der Waals surface area contributed by atoms with Gasteiger partial charge in [0.05, 0.1) is 11.8 Å². The van der Waals surface area contributed by atoms with E-state index in [0.717, 1.165) is 6.42 Å². The van der Waals surface area contributed by atoms with E-state index in [2.05, 4.69) is 10.1 Å². The summed E-state index contributed by atoms with van der Waals surface area (Å²) in [6, 6.07) is 1.98. The van der Waals surface area contributed by atoms with Crippen LogP contribution in [0.3, 0.4) is 0 Å². The van der Waals surface area contributed by atoms with Crippen LogP contribution in [0.15, 0.2) is 11.6 Å². The number of nitriles is 1. The van der Waals surface area contributed by atoms with Crippen LogP contribution in [0.4, 0.5) is 13.2 Å². The Balaban J connectivity index is 2.20. The summed E-state index contributed by atoms with van der Waals surface area (Å²) in [5, 5.41) is 14.8. The van der Waals surface area contributed by atoms with Crippen molar-refractivity contribution in [2.24, 2.45) is 0 Å². The lowest BCUT2D eigenvalue weighted by molar-refractivity contribution is -0.142. The molecule has 0 saturated carbocycles. The predicted octanol–water partition coefficient (Wildman–Crippen LogP) is 3.68. The van der Waals surface area contributed by atoms with Crippen molar-refractivity contribution in [2.45, 2.75) is 37.8 Å². The highest BCUT2D eigenvalue weighted by atomic mass is 32.1. The lowest BCUT2D eigenvalue weighted by atomic mass is 9.83. The highest BCUT2D eigenvalue weighted by Gasteiger charge is 2.42. The van der Waals surface area contributed by atoms with E-state index >= 15 is 0 Å². The lowest BCUT2D eigenvalue weighted by Crippen LogP contribution is -2.15. The Morgan fingerprint density at radius 2 is 2.29 bits per heavy atom. The molecule has 1 aliphatic rings. The first-order chi connectivity index (χ1) is 10.0. The summed E-state index contributed by atoms with van der Waals surface area (Å²) in [5.41, 5.74) is -0.137. The molecule has 1 unspecified atom stereocenters. The van der Waals surface area contributed by atoms with E-state index in [-0.39, 0.29) is 12.0 Å². The Kier molecular flexibility index (Phi) is 3.45. The number of thiazole rings is 1. The van der Waals surface area contributed by atoms with Gasteiger partial charge >= 0.3 is 6.18 Å². The van der Waals surface area contributed by atoms with Gasteiger partial charge in [-0.15, -0.1) is 11.3 Å². The van der Waals surface area contributed by atoms with E-state index in [9.17, 15) is 13.2 Å². The number of fused-ring (bicyclic) bond motifs is 1. The second-order valence-electron chi connectivity index (χ2n) is 4.88. The monoisotopic (exact) mass is 312 g/mol. The Bertz CT molecular complexity index is 682. The molecule has 0 fully saturated rings. The van der Waals surface area contributed by atoms with Gasteiger partial charge in [0.2, 0.25) is 5.13 Å². The third-order valence-corrected chi connectivity index (χ3v) is 4.35. The molecular weight excluding hydrogens is 301 g/mol. The molecule has 21 heavy (non-hydrogen) atoms. The number of rotatable bonds is 2. The zero-order valence-corrected chi connectivity index (χ0v) is 11.7. The molecule has 0 bridgehead atoms. The molecule has 2 heterocycles. The molecule has 8 heteroatoms. The summed E-state index contributed by atoms with van der Waals surface area (Å²) in [4.78, 5) is 4.05. The van der Waals surface area contributed by atoms with Crippen LogP contribution in [-0.2, 0) is 12.6 Å². The molecule has 0 aromatic carbocycles. The van der Waals surface area contributed by atoms with Gasteiger partial charge in [-0.25, -0.2) is 9.67 Å². The third-order valence-electron chi connectivity index (χ3n) is 3.60. The molecule has 2 aromatic rings.